The zero-order valence-corrected chi connectivity index (χ0v) is 33.9. The fourth-order valence-electron chi connectivity index (χ4n) is 8.65. The fourth-order valence-corrected chi connectivity index (χ4v) is 12.1. The Labute approximate surface area is 334 Å². The van der Waals surface area contributed by atoms with E-state index in [1.165, 1.54) is 5.19 Å². The molecule has 0 spiro atoms. The molecule has 0 aliphatic carbocycles. The Morgan fingerprint density at radius 2 is 1.58 bits per heavy atom. The zero-order valence-electron chi connectivity index (χ0n) is 32.9. The monoisotopic (exact) mass is 780 g/mol. The highest BCUT2D eigenvalue weighted by atomic mass is 28.3. The highest BCUT2D eigenvalue weighted by Crippen LogP contribution is 2.50. The molecule has 0 fully saturated rings. The number of methoxy groups -OCH3 is 2. The third-order valence-corrected chi connectivity index (χ3v) is 16.1. The lowest BCUT2D eigenvalue weighted by molar-refractivity contribution is -0.0233. The number of aliphatic hydroxyl groups excluding tert-OH is 1. The number of ether oxygens (including phenoxy) is 4. The van der Waals surface area contributed by atoms with Gasteiger partial charge in [0.05, 0.1) is 56.4 Å². The third-order valence-electron chi connectivity index (χ3n) is 11.8. The van der Waals surface area contributed by atoms with Crippen LogP contribution in [0.25, 0.3) is 0 Å². The lowest BCUT2D eigenvalue weighted by Crippen LogP contribution is -2.54. The van der Waals surface area contributed by atoms with Crippen LogP contribution in [0.15, 0.2) is 128 Å². The Morgan fingerprint density at radius 1 is 0.860 bits per heavy atom. The number of benzene rings is 5. The molecule has 2 aliphatic heterocycles. The van der Waals surface area contributed by atoms with Crippen molar-refractivity contribution in [2.45, 2.75) is 56.7 Å². The van der Waals surface area contributed by atoms with E-state index in [9.17, 15) is 9.90 Å². The summed E-state index contributed by atoms with van der Waals surface area (Å²) >= 11 is 0. The molecular formula is C46H48N4O6Si. The summed E-state index contributed by atoms with van der Waals surface area (Å²) in [5, 5.41) is 20.7. The van der Waals surface area contributed by atoms with Gasteiger partial charge in [0, 0.05) is 31.3 Å². The molecule has 0 radical (unpaired) electrons. The molecule has 0 bridgehead atoms. The van der Waals surface area contributed by atoms with Gasteiger partial charge in [0.2, 0.25) is 0 Å². The lowest BCUT2D eigenvalue weighted by Gasteiger charge is -2.46. The standard InChI is InChI=1S/C46H48N4O6Si/c1-30-44(54-3)36-27-32(50-39-16-10-12-18-42(39)55-40-17-11-9-15-35(40)46(50)52)19-24-41(36)56-45(30)43(57(4,5)34-22-20-33(53-2)21-23-34)25-26-49-28-38(47-48-49)37(29-51)31-13-7-6-8-14-31/h6-24,27-28,30,37,43-45,51H,25-26,29H2,1-5H3/t30-,37?,43?,44-,45-/m0/s1. The Morgan fingerprint density at radius 3 is 2.32 bits per heavy atom. The van der Waals surface area contributed by atoms with Gasteiger partial charge >= 0.3 is 0 Å². The first-order valence-corrected chi connectivity index (χ1v) is 22.5. The molecule has 5 atom stereocenters. The van der Waals surface area contributed by atoms with Gasteiger partial charge in [0.25, 0.3) is 5.91 Å². The summed E-state index contributed by atoms with van der Waals surface area (Å²) in [6.45, 7) is 7.57. The number of fused-ring (bicyclic) bond motifs is 3. The highest BCUT2D eigenvalue weighted by molar-refractivity contribution is 6.91. The smallest absolute Gasteiger partial charge is 0.266 e. The van der Waals surface area contributed by atoms with Gasteiger partial charge in [-0.15, -0.1) is 5.10 Å². The molecule has 292 valence electrons. The SMILES string of the molecule is COc1ccc([Si](C)(C)C(CCn2cc(C(CO)c3ccccc3)nn2)[C@H]2Oc3ccc(N4C(=O)c5ccccc5Oc5ccccc54)cc3[C@@H](OC)[C@@H]2C)cc1. The number of aliphatic hydroxyl groups is 1. The molecule has 1 N–H and O–H groups in total. The number of carbonyl (C=O) groups is 1. The van der Waals surface area contributed by atoms with Crippen LogP contribution in [0.5, 0.6) is 23.0 Å². The van der Waals surface area contributed by atoms with Crippen LogP contribution in [0.3, 0.4) is 0 Å². The van der Waals surface area contributed by atoms with Gasteiger partial charge in [-0.2, -0.15) is 0 Å². The van der Waals surface area contributed by atoms with Crippen molar-refractivity contribution in [2.24, 2.45) is 5.92 Å². The average molecular weight is 781 g/mol. The van der Waals surface area contributed by atoms with Crippen molar-refractivity contribution in [3.05, 3.63) is 150 Å². The molecule has 2 aliphatic rings. The molecule has 11 heteroatoms. The van der Waals surface area contributed by atoms with E-state index in [1.807, 2.05) is 114 Å². The van der Waals surface area contributed by atoms with E-state index < -0.39 is 8.07 Å². The second-order valence-electron chi connectivity index (χ2n) is 15.4. The van der Waals surface area contributed by atoms with E-state index in [4.69, 9.17) is 18.9 Å². The summed E-state index contributed by atoms with van der Waals surface area (Å²) in [4.78, 5) is 16.0. The molecule has 6 aromatic rings. The number of para-hydroxylation sites is 3. The van der Waals surface area contributed by atoms with Crippen molar-refractivity contribution in [2.75, 3.05) is 25.7 Å². The van der Waals surface area contributed by atoms with Gasteiger partial charge in [-0.05, 0) is 72.1 Å². The van der Waals surface area contributed by atoms with Gasteiger partial charge in [-0.1, -0.05) is 97.1 Å². The van der Waals surface area contributed by atoms with Crippen molar-refractivity contribution >= 4 is 30.5 Å². The molecule has 1 amide bonds. The van der Waals surface area contributed by atoms with Gasteiger partial charge in [-0.3, -0.25) is 14.4 Å². The predicted molar refractivity (Wildman–Crippen MR) is 223 cm³/mol. The number of anilines is 2. The van der Waals surface area contributed by atoms with Crippen LogP contribution in [0, 0.1) is 5.92 Å². The predicted octanol–water partition coefficient (Wildman–Crippen LogP) is 8.66. The summed E-state index contributed by atoms with van der Waals surface area (Å²) in [5.74, 6) is 2.19. The van der Waals surface area contributed by atoms with Crippen LogP contribution < -0.4 is 24.3 Å². The maximum absolute atomic E-state index is 14.3. The first kappa shape index (κ1) is 38.1. The molecule has 1 aromatic heterocycles. The first-order chi connectivity index (χ1) is 27.7. The Hall–Kier alpha value is -5.75. The van der Waals surface area contributed by atoms with Crippen molar-refractivity contribution < 1.29 is 28.8 Å². The van der Waals surface area contributed by atoms with Crippen molar-refractivity contribution in [1.82, 2.24) is 15.0 Å². The molecule has 8 rings (SSSR count). The van der Waals surface area contributed by atoms with Crippen molar-refractivity contribution in [1.29, 1.82) is 0 Å². The topological polar surface area (TPSA) is 108 Å². The van der Waals surface area contributed by atoms with E-state index in [2.05, 4.69) is 42.5 Å². The number of carbonyl (C=O) groups excluding carboxylic acids is 1. The largest absolute Gasteiger partial charge is 0.497 e. The molecule has 5 aromatic carbocycles. The number of rotatable bonds is 12. The fraction of sp³-hybridized carbons (Fsp3) is 0.283. The maximum Gasteiger partial charge on any atom is 0.266 e. The number of amides is 1. The molecule has 2 unspecified atom stereocenters. The van der Waals surface area contributed by atoms with Crippen molar-refractivity contribution in [3.8, 4) is 23.0 Å². The number of hydrogen-bond acceptors (Lipinski definition) is 8. The third kappa shape index (κ3) is 7.22. The Balaban J connectivity index is 1.14. The van der Waals surface area contributed by atoms with E-state index in [0.717, 1.165) is 34.7 Å². The molecule has 3 heterocycles. The van der Waals surface area contributed by atoms with Crippen LogP contribution in [-0.4, -0.2) is 61.0 Å². The van der Waals surface area contributed by atoms with Crippen LogP contribution >= 0.6 is 0 Å². The lowest BCUT2D eigenvalue weighted by atomic mass is 9.86. The Bertz CT molecular complexity index is 2350. The summed E-state index contributed by atoms with van der Waals surface area (Å²) in [7, 11) is 1.14. The summed E-state index contributed by atoms with van der Waals surface area (Å²) in [6, 6.07) is 39.3. The van der Waals surface area contributed by atoms with Gasteiger partial charge < -0.3 is 24.1 Å². The minimum Gasteiger partial charge on any atom is -0.497 e. The number of nitrogens with zero attached hydrogens (tertiary/aromatic N) is 4. The summed E-state index contributed by atoms with van der Waals surface area (Å²) in [6.07, 6.45) is 2.23. The Kier molecular flexibility index (Phi) is 10.7. The summed E-state index contributed by atoms with van der Waals surface area (Å²) in [5.41, 5.74) is 4.59. The van der Waals surface area contributed by atoms with E-state index in [1.54, 1.807) is 25.2 Å². The zero-order chi connectivity index (χ0) is 39.7. The van der Waals surface area contributed by atoms with E-state index in [-0.39, 0.29) is 42.1 Å². The highest BCUT2D eigenvalue weighted by Gasteiger charge is 2.47. The van der Waals surface area contributed by atoms with Crippen LogP contribution in [0.2, 0.25) is 18.6 Å². The normalized spacial score (nSPS) is 18.6. The minimum absolute atomic E-state index is 0.0490. The second kappa shape index (κ2) is 16.0. The number of aryl methyl sites for hydroxylation is 1. The van der Waals surface area contributed by atoms with Gasteiger partial charge in [-0.25, -0.2) is 0 Å². The number of aromatic nitrogens is 3. The quantitative estimate of drug-likeness (QED) is 0.123. The summed E-state index contributed by atoms with van der Waals surface area (Å²) < 4.78 is 27.2. The van der Waals surface area contributed by atoms with Gasteiger partial charge in [0.15, 0.2) is 5.75 Å². The van der Waals surface area contributed by atoms with E-state index in [0.29, 0.717) is 35.0 Å². The van der Waals surface area contributed by atoms with Crippen LogP contribution in [0.4, 0.5) is 11.4 Å². The van der Waals surface area contributed by atoms with Gasteiger partial charge in [0.1, 0.15) is 23.4 Å². The molecular weight excluding hydrogens is 733 g/mol. The average Bonchev–Trinajstić information content (AvgIpc) is 3.66. The van der Waals surface area contributed by atoms with Crippen LogP contribution in [0.1, 0.15) is 52.5 Å². The number of hydrogen-bond donors (Lipinski definition) is 1. The molecule has 10 nitrogen and oxygen atoms in total. The molecule has 0 saturated carbocycles. The molecule has 0 saturated heterocycles. The second-order valence-corrected chi connectivity index (χ2v) is 20.2. The molecule has 57 heavy (non-hydrogen) atoms. The van der Waals surface area contributed by atoms with E-state index >= 15 is 0 Å². The minimum atomic E-state index is -2.30. The first-order valence-electron chi connectivity index (χ1n) is 19.5. The van der Waals surface area contributed by atoms with Crippen molar-refractivity contribution in [3.63, 3.8) is 0 Å². The maximum atomic E-state index is 14.3. The van der Waals surface area contributed by atoms with Crippen LogP contribution in [-0.2, 0) is 11.3 Å².